The molecule has 4 aromatic heterocycles. The molecule has 0 saturated heterocycles. The van der Waals surface area contributed by atoms with Crippen molar-refractivity contribution in [3.63, 3.8) is 0 Å². The summed E-state index contributed by atoms with van der Waals surface area (Å²) in [6, 6.07) is 17.2. The van der Waals surface area contributed by atoms with Gasteiger partial charge in [0.15, 0.2) is 5.65 Å². The van der Waals surface area contributed by atoms with E-state index in [1.165, 1.54) is 73.0 Å². The van der Waals surface area contributed by atoms with Crippen molar-refractivity contribution >= 4 is 45.3 Å². The van der Waals surface area contributed by atoms with Crippen molar-refractivity contribution in [2.75, 3.05) is 10.6 Å². The highest BCUT2D eigenvalue weighted by Gasteiger charge is 2.30. The first-order valence-electron chi connectivity index (χ1n) is 17.5. The van der Waals surface area contributed by atoms with Crippen LogP contribution in [0.2, 0.25) is 0 Å². The van der Waals surface area contributed by atoms with Crippen LogP contribution in [0.4, 0.5) is 24.5 Å². The quantitative estimate of drug-likeness (QED) is 0.159. The van der Waals surface area contributed by atoms with Gasteiger partial charge in [-0.25, -0.2) is 14.6 Å². The molecule has 0 aliphatic heterocycles. The topological polar surface area (TPSA) is 107 Å². The molecule has 9 nitrogen and oxygen atoms in total. The number of alkyl halides is 3. The molecule has 7 rings (SSSR count). The fraction of sp³-hybridized carbons (Fsp3) is 0.244. The smallest absolute Gasteiger partial charge is 0.321 e. The summed E-state index contributed by atoms with van der Waals surface area (Å²) in [6.07, 6.45) is 11.5. The van der Waals surface area contributed by atoms with E-state index in [9.17, 15) is 22.8 Å². The third-order valence-electron chi connectivity index (χ3n) is 8.84. The third kappa shape index (κ3) is 9.07. The van der Waals surface area contributed by atoms with Crippen LogP contribution in [0.25, 0.3) is 33.4 Å². The van der Waals surface area contributed by atoms with E-state index in [4.69, 9.17) is 0 Å². The first kappa shape index (κ1) is 38.2. The third-order valence-corrected chi connectivity index (χ3v) is 8.84. The number of nitrogens with one attached hydrogen (secondary N) is 2. The summed E-state index contributed by atoms with van der Waals surface area (Å²) in [6.45, 7) is 12.9. The fourth-order valence-electron chi connectivity index (χ4n) is 6.23. The maximum absolute atomic E-state index is 12.6. The number of pyridine rings is 2. The lowest BCUT2D eigenvalue weighted by Crippen LogP contribution is -2.07. The monoisotopic (exact) mass is 725 g/mol. The van der Waals surface area contributed by atoms with Crippen molar-refractivity contribution in [2.45, 2.75) is 65.0 Å². The Labute approximate surface area is 309 Å². The minimum atomic E-state index is -4.39. The van der Waals surface area contributed by atoms with Gasteiger partial charge in [0.1, 0.15) is 5.65 Å². The van der Waals surface area contributed by atoms with Crippen LogP contribution in [0.15, 0.2) is 111 Å². The zero-order chi connectivity index (χ0) is 38.1. The standard InChI is InChI=1S/C23H25N3O.C16H11F3N4O.C2H6.2H2/c1-3-22(27)25-19-13-21-16(2)15-26(23(21)24-14-19)20-11-9-18(10-12-20)17-7-5-4-6-8-17;1-2-14(24)22-12-7-10-8-21-23(15(10)20-9-12)13-5-3-11(4-6-13)16(17,18)19;1-2;;/h3,9-15,17H,1,4-8H2,2H3,(H,25,27);2-9H,1H2,(H,22,24);1-2H3;2*1H. The molecule has 2 N–H and O–H groups in total. The number of nitrogens with zero attached hydrogens (tertiary/aromatic N) is 5. The molecule has 0 spiro atoms. The molecule has 0 radical (unpaired) electrons. The van der Waals surface area contributed by atoms with E-state index in [0.717, 1.165) is 40.5 Å². The molecular formula is C41H46F3N7O2. The largest absolute Gasteiger partial charge is 0.416 e. The number of anilines is 2. The van der Waals surface area contributed by atoms with Gasteiger partial charge in [0.25, 0.3) is 0 Å². The van der Waals surface area contributed by atoms with Gasteiger partial charge in [-0.05, 0) is 97.5 Å². The Kier molecular flexibility index (Phi) is 12.2. The zero-order valence-corrected chi connectivity index (χ0v) is 30.0. The van der Waals surface area contributed by atoms with Crippen LogP contribution in [0.1, 0.15) is 71.4 Å². The summed E-state index contributed by atoms with van der Waals surface area (Å²) in [5.74, 6) is 0.114. The minimum absolute atomic E-state index is 0. The summed E-state index contributed by atoms with van der Waals surface area (Å²) in [5.41, 5.74) is 5.93. The number of fused-ring (bicyclic) bond motifs is 2. The molecule has 1 fully saturated rings. The lowest BCUT2D eigenvalue weighted by Gasteiger charge is -2.22. The number of aryl methyl sites for hydroxylation is 1. The Morgan fingerprint density at radius 2 is 1.38 bits per heavy atom. The van der Waals surface area contributed by atoms with Gasteiger partial charge in [-0.1, -0.05) is 58.4 Å². The summed E-state index contributed by atoms with van der Waals surface area (Å²) < 4.78 is 41.4. The van der Waals surface area contributed by atoms with Gasteiger partial charge in [0.2, 0.25) is 11.8 Å². The van der Waals surface area contributed by atoms with Gasteiger partial charge in [0, 0.05) is 25.5 Å². The minimum Gasteiger partial charge on any atom is -0.321 e. The Morgan fingerprint density at radius 1 is 0.811 bits per heavy atom. The van der Waals surface area contributed by atoms with Crippen molar-refractivity contribution in [1.29, 1.82) is 0 Å². The lowest BCUT2D eigenvalue weighted by atomic mass is 9.84. The Balaban J connectivity index is 0.000000275. The van der Waals surface area contributed by atoms with Gasteiger partial charge >= 0.3 is 6.18 Å². The number of carbonyl (C=O) groups is 2. The molecule has 0 unspecified atom stereocenters. The second-order valence-corrected chi connectivity index (χ2v) is 12.3. The van der Waals surface area contributed by atoms with Gasteiger partial charge in [-0.2, -0.15) is 18.3 Å². The lowest BCUT2D eigenvalue weighted by molar-refractivity contribution is -0.137. The van der Waals surface area contributed by atoms with E-state index in [0.29, 0.717) is 34.0 Å². The van der Waals surface area contributed by atoms with E-state index in [-0.39, 0.29) is 14.7 Å². The highest BCUT2D eigenvalue weighted by atomic mass is 19.4. The molecule has 2 amide bonds. The summed E-state index contributed by atoms with van der Waals surface area (Å²) >= 11 is 0. The predicted octanol–water partition coefficient (Wildman–Crippen LogP) is 10.6. The molecule has 1 aliphatic rings. The number of hydrogen-bond acceptors (Lipinski definition) is 5. The normalized spacial score (nSPS) is 12.9. The zero-order valence-electron chi connectivity index (χ0n) is 30.0. The molecule has 1 saturated carbocycles. The number of hydrogen-bond donors (Lipinski definition) is 2. The molecule has 1 aliphatic carbocycles. The molecule has 2 aromatic carbocycles. The first-order valence-corrected chi connectivity index (χ1v) is 17.5. The van der Waals surface area contributed by atoms with Crippen molar-refractivity contribution in [3.05, 3.63) is 127 Å². The number of rotatable bonds is 7. The van der Waals surface area contributed by atoms with Crippen LogP contribution in [-0.2, 0) is 15.8 Å². The maximum atomic E-state index is 12.6. The first-order chi connectivity index (χ1) is 25.5. The van der Waals surface area contributed by atoms with Crippen molar-refractivity contribution in [3.8, 4) is 11.4 Å². The predicted molar refractivity (Wildman–Crippen MR) is 209 cm³/mol. The van der Waals surface area contributed by atoms with Crippen molar-refractivity contribution < 1.29 is 25.6 Å². The number of carbonyl (C=O) groups excluding carboxylic acids is 2. The second-order valence-electron chi connectivity index (χ2n) is 12.3. The van der Waals surface area contributed by atoms with E-state index >= 15 is 0 Å². The van der Waals surface area contributed by atoms with Crippen LogP contribution in [0, 0.1) is 6.92 Å². The van der Waals surface area contributed by atoms with Crippen molar-refractivity contribution in [2.24, 2.45) is 0 Å². The Hall–Kier alpha value is -6.04. The molecule has 6 aromatic rings. The van der Waals surface area contributed by atoms with Crippen LogP contribution >= 0.6 is 0 Å². The van der Waals surface area contributed by atoms with Gasteiger partial charge < -0.3 is 15.2 Å². The van der Waals surface area contributed by atoms with E-state index in [1.807, 2.05) is 19.9 Å². The molecular weight excluding hydrogens is 679 g/mol. The summed E-state index contributed by atoms with van der Waals surface area (Å²) in [5, 5.41) is 11.2. The summed E-state index contributed by atoms with van der Waals surface area (Å²) in [7, 11) is 0. The van der Waals surface area contributed by atoms with Crippen LogP contribution in [0.3, 0.4) is 0 Å². The fourth-order valence-corrected chi connectivity index (χ4v) is 6.23. The molecule has 4 heterocycles. The molecule has 53 heavy (non-hydrogen) atoms. The SMILES string of the molecule is C=CC(=O)Nc1cnc2c(c1)c(C)cn2-c1ccc(C2CCCCC2)cc1.C=CC(=O)Nc1cnc2c(cnn2-c2ccc(C(F)(F)F)cc2)c1.CC.[HH].[HH]. The van der Waals surface area contributed by atoms with Crippen LogP contribution in [0.5, 0.6) is 0 Å². The molecule has 0 bridgehead atoms. The van der Waals surface area contributed by atoms with Gasteiger partial charge in [0.05, 0.1) is 41.2 Å². The second kappa shape index (κ2) is 17.0. The summed E-state index contributed by atoms with van der Waals surface area (Å²) in [4.78, 5) is 31.6. The van der Waals surface area contributed by atoms with Gasteiger partial charge in [-0.3, -0.25) is 9.59 Å². The van der Waals surface area contributed by atoms with Crippen LogP contribution in [-0.4, -0.2) is 36.1 Å². The van der Waals surface area contributed by atoms with Crippen molar-refractivity contribution in [1.82, 2.24) is 24.3 Å². The number of benzene rings is 2. The highest BCUT2D eigenvalue weighted by Crippen LogP contribution is 2.34. The highest BCUT2D eigenvalue weighted by molar-refractivity contribution is 6.00. The molecule has 278 valence electrons. The average molecular weight is 726 g/mol. The number of halogens is 3. The Morgan fingerprint density at radius 3 is 1.96 bits per heavy atom. The number of aromatic nitrogens is 5. The van der Waals surface area contributed by atoms with Crippen LogP contribution < -0.4 is 10.6 Å². The van der Waals surface area contributed by atoms with E-state index in [1.54, 1.807) is 12.3 Å². The van der Waals surface area contributed by atoms with Gasteiger partial charge in [-0.15, -0.1) is 0 Å². The number of amides is 2. The average Bonchev–Trinajstić information content (AvgIpc) is 3.76. The molecule has 12 heteroatoms. The van der Waals surface area contributed by atoms with E-state index < -0.39 is 11.7 Å². The Bertz CT molecular complexity index is 2230. The molecule has 0 atom stereocenters. The maximum Gasteiger partial charge on any atom is 0.416 e. The van der Waals surface area contributed by atoms with E-state index in [2.05, 4.69) is 80.8 Å².